The van der Waals surface area contributed by atoms with E-state index in [9.17, 15) is 14.0 Å². The molecule has 1 aromatic carbocycles. The Kier molecular flexibility index (Phi) is 5.15. The molecule has 2 aromatic rings. The molecule has 168 valence electrons. The third-order valence-corrected chi connectivity index (χ3v) is 6.33. The predicted molar refractivity (Wildman–Crippen MR) is 115 cm³/mol. The summed E-state index contributed by atoms with van der Waals surface area (Å²) in [7, 11) is 0. The molecule has 0 unspecified atom stereocenters. The average molecular weight is 461 g/mol. The molecule has 6 rings (SSSR count). The van der Waals surface area contributed by atoms with Crippen LogP contribution in [-0.2, 0) is 4.79 Å². The van der Waals surface area contributed by atoms with E-state index in [4.69, 9.17) is 16.3 Å². The number of hydrogen-bond donors (Lipinski definition) is 4. The van der Waals surface area contributed by atoms with Crippen molar-refractivity contribution < 1.29 is 18.7 Å². The van der Waals surface area contributed by atoms with Gasteiger partial charge in [-0.15, -0.1) is 0 Å². The van der Waals surface area contributed by atoms with Gasteiger partial charge in [-0.25, -0.2) is 9.82 Å². The summed E-state index contributed by atoms with van der Waals surface area (Å²) < 4.78 is 18.8. The fourth-order valence-corrected chi connectivity index (χ4v) is 4.79. The number of hydrazine groups is 1. The van der Waals surface area contributed by atoms with Gasteiger partial charge in [0.1, 0.15) is 17.3 Å². The topological polar surface area (TPSA) is 108 Å². The maximum atomic E-state index is 13.5. The lowest BCUT2D eigenvalue weighted by Gasteiger charge is -2.70. The Labute approximate surface area is 188 Å². The predicted octanol–water partition coefficient (Wildman–Crippen LogP) is 1.30. The number of pyridine rings is 1. The first-order chi connectivity index (χ1) is 15.4. The van der Waals surface area contributed by atoms with Gasteiger partial charge in [0.2, 0.25) is 0 Å². The zero-order valence-corrected chi connectivity index (χ0v) is 17.8. The Balaban J connectivity index is 1.10. The van der Waals surface area contributed by atoms with E-state index in [2.05, 4.69) is 26.4 Å². The molecule has 9 nitrogen and oxygen atoms in total. The van der Waals surface area contributed by atoms with Gasteiger partial charge >= 0.3 is 0 Å². The Morgan fingerprint density at radius 1 is 1.19 bits per heavy atom. The summed E-state index contributed by atoms with van der Waals surface area (Å²) in [6, 6.07) is 7.60. The fourth-order valence-electron chi connectivity index (χ4n) is 4.67. The number of carbonyl (C=O) groups is 2. The van der Waals surface area contributed by atoms with Crippen LogP contribution in [0.3, 0.4) is 0 Å². The van der Waals surface area contributed by atoms with Crippen LogP contribution in [0.15, 0.2) is 36.5 Å². The Bertz CT molecular complexity index is 1060. The van der Waals surface area contributed by atoms with Crippen LogP contribution in [-0.4, -0.2) is 47.8 Å². The lowest BCUT2D eigenvalue weighted by molar-refractivity contribution is -0.141. The van der Waals surface area contributed by atoms with Gasteiger partial charge in [0, 0.05) is 23.3 Å². The first-order valence-electron chi connectivity index (χ1n) is 10.2. The molecule has 1 aliphatic heterocycles. The molecule has 3 saturated carbocycles. The van der Waals surface area contributed by atoms with Crippen LogP contribution >= 0.6 is 11.6 Å². The fraction of sp³-hybridized carbons (Fsp3) is 0.381. The molecule has 4 aliphatic rings. The SMILES string of the molecule is O=C(COc1ccc(Cl)c(F)c1)NC12CC(NC(=O)c3cc(N4CNCN4)ccn3)(C1)C2. The molecule has 1 aromatic heterocycles. The molecule has 1 saturated heterocycles. The summed E-state index contributed by atoms with van der Waals surface area (Å²) in [4.78, 5) is 29.1. The summed E-state index contributed by atoms with van der Waals surface area (Å²) in [5, 5.41) is 11.1. The van der Waals surface area contributed by atoms with Crippen molar-refractivity contribution in [1.29, 1.82) is 0 Å². The standard InChI is InChI=1S/C21H22ClFN6O3/c22-15-2-1-14(6-16(15)23)32-7-18(30)27-20-8-21(9-20,10-20)28-19(31)17-5-13(3-4-25-17)29-12-24-11-26-29/h1-6,24,26H,7-12H2,(H,27,30)(H,28,31). The molecule has 2 amide bonds. The van der Waals surface area contributed by atoms with E-state index in [1.807, 2.05) is 11.1 Å². The Morgan fingerprint density at radius 2 is 1.97 bits per heavy atom. The molecule has 2 bridgehead atoms. The smallest absolute Gasteiger partial charge is 0.270 e. The molecule has 11 heteroatoms. The Hall–Kier alpha value is -2.95. The summed E-state index contributed by atoms with van der Waals surface area (Å²) in [5.74, 6) is -0.888. The van der Waals surface area contributed by atoms with Gasteiger partial charge in [-0.2, -0.15) is 0 Å². The van der Waals surface area contributed by atoms with E-state index >= 15 is 0 Å². The van der Waals surface area contributed by atoms with Crippen LogP contribution in [0.4, 0.5) is 10.1 Å². The maximum Gasteiger partial charge on any atom is 0.270 e. The largest absolute Gasteiger partial charge is 0.484 e. The van der Waals surface area contributed by atoms with E-state index in [-0.39, 0.29) is 40.3 Å². The number of aromatic nitrogens is 1. The zero-order chi connectivity index (χ0) is 22.3. The molecule has 0 radical (unpaired) electrons. The van der Waals surface area contributed by atoms with Crippen molar-refractivity contribution in [2.45, 2.75) is 30.3 Å². The number of rotatable bonds is 7. The van der Waals surface area contributed by atoms with Gasteiger partial charge < -0.3 is 15.4 Å². The molecule has 0 atom stereocenters. The van der Waals surface area contributed by atoms with Gasteiger partial charge in [0.25, 0.3) is 11.8 Å². The van der Waals surface area contributed by atoms with Crippen molar-refractivity contribution >= 4 is 29.1 Å². The highest BCUT2D eigenvalue weighted by Crippen LogP contribution is 2.60. The van der Waals surface area contributed by atoms with Gasteiger partial charge in [-0.1, -0.05) is 11.6 Å². The lowest BCUT2D eigenvalue weighted by atomic mass is 9.44. The summed E-state index contributed by atoms with van der Waals surface area (Å²) in [6.45, 7) is 1.09. The van der Waals surface area contributed by atoms with Crippen LogP contribution in [0, 0.1) is 5.82 Å². The molecular formula is C21H22ClFN6O3. The van der Waals surface area contributed by atoms with Crippen molar-refractivity contribution in [3.05, 3.63) is 53.1 Å². The van der Waals surface area contributed by atoms with Crippen molar-refractivity contribution in [3.8, 4) is 5.75 Å². The van der Waals surface area contributed by atoms with E-state index in [0.717, 1.165) is 11.8 Å². The first-order valence-corrected chi connectivity index (χ1v) is 10.6. The quantitative estimate of drug-likeness (QED) is 0.493. The van der Waals surface area contributed by atoms with Gasteiger partial charge in [-0.3, -0.25) is 24.9 Å². The van der Waals surface area contributed by atoms with Gasteiger partial charge in [0.05, 0.1) is 24.0 Å². The van der Waals surface area contributed by atoms with Gasteiger partial charge in [0.15, 0.2) is 6.61 Å². The lowest BCUT2D eigenvalue weighted by Crippen LogP contribution is -2.84. The van der Waals surface area contributed by atoms with E-state index in [1.54, 1.807) is 12.3 Å². The van der Waals surface area contributed by atoms with Crippen LogP contribution in [0.2, 0.25) is 5.02 Å². The highest BCUT2D eigenvalue weighted by Gasteiger charge is 2.69. The average Bonchev–Trinajstić information content (AvgIpc) is 3.27. The number of halogens is 2. The monoisotopic (exact) mass is 460 g/mol. The minimum Gasteiger partial charge on any atom is -0.484 e. The number of ether oxygens (including phenoxy) is 1. The highest BCUT2D eigenvalue weighted by atomic mass is 35.5. The maximum absolute atomic E-state index is 13.5. The normalized spacial score (nSPS) is 25.5. The van der Waals surface area contributed by atoms with Crippen molar-refractivity contribution in [2.24, 2.45) is 0 Å². The number of anilines is 1. The summed E-state index contributed by atoms with van der Waals surface area (Å²) in [5.41, 5.74) is 3.73. The van der Waals surface area contributed by atoms with E-state index in [0.29, 0.717) is 38.3 Å². The van der Waals surface area contributed by atoms with Crippen LogP contribution in [0.5, 0.6) is 5.75 Å². The molecule has 4 fully saturated rings. The number of amides is 2. The molecule has 3 aliphatic carbocycles. The first kappa shape index (κ1) is 20.9. The molecule has 4 N–H and O–H groups in total. The van der Waals surface area contributed by atoms with E-state index in [1.165, 1.54) is 12.1 Å². The molecular weight excluding hydrogens is 439 g/mol. The zero-order valence-electron chi connectivity index (χ0n) is 17.1. The number of nitrogens with zero attached hydrogens (tertiary/aromatic N) is 2. The summed E-state index contributed by atoms with van der Waals surface area (Å²) in [6.07, 6.45) is 3.58. The molecule has 2 heterocycles. The number of carbonyl (C=O) groups excluding carboxylic acids is 2. The third kappa shape index (κ3) is 3.96. The Morgan fingerprint density at radius 3 is 2.69 bits per heavy atom. The second kappa shape index (κ2) is 7.88. The minimum absolute atomic E-state index is 0.00494. The third-order valence-electron chi connectivity index (χ3n) is 6.03. The van der Waals surface area contributed by atoms with Crippen LogP contribution in [0.1, 0.15) is 29.8 Å². The minimum atomic E-state index is -0.602. The van der Waals surface area contributed by atoms with Crippen LogP contribution < -0.4 is 31.1 Å². The van der Waals surface area contributed by atoms with Crippen LogP contribution in [0.25, 0.3) is 0 Å². The van der Waals surface area contributed by atoms with Crippen molar-refractivity contribution in [2.75, 3.05) is 25.0 Å². The van der Waals surface area contributed by atoms with Gasteiger partial charge in [-0.05, 0) is 43.5 Å². The van der Waals surface area contributed by atoms with Crippen molar-refractivity contribution in [1.82, 2.24) is 26.4 Å². The molecule has 0 spiro atoms. The summed E-state index contributed by atoms with van der Waals surface area (Å²) >= 11 is 5.64. The van der Waals surface area contributed by atoms with Crippen molar-refractivity contribution in [3.63, 3.8) is 0 Å². The van der Waals surface area contributed by atoms with E-state index < -0.39 is 5.82 Å². The molecule has 32 heavy (non-hydrogen) atoms. The second-order valence-electron chi connectivity index (χ2n) is 8.53. The second-order valence-corrected chi connectivity index (χ2v) is 8.94. The highest BCUT2D eigenvalue weighted by molar-refractivity contribution is 6.30. The number of hydrogen-bond acceptors (Lipinski definition) is 7. The number of benzene rings is 1. The number of nitrogens with one attached hydrogen (secondary N) is 4.